The molecule has 1 heterocycles. The maximum Gasteiger partial charge on any atom is 0.240 e. The Balaban J connectivity index is 2.57. The van der Waals surface area contributed by atoms with E-state index in [-0.39, 0.29) is 11.3 Å². The summed E-state index contributed by atoms with van der Waals surface area (Å²) in [4.78, 5) is 13.5. The van der Waals surface area contributed by atoms with Crippen molar-refractivity contribution in [3.05, 3.63) is 12.2 Å². The van der Waals surface area contributed by atoms with Gasteiger partial charge in [-0.15, -0.1) is 0 Å². The lowest BCUT2D eigenvalue weighted by Gasteiger charge is -2.29. The van der Waals surface area contributed by atoms with E-state index in [1.54, 1.807) is 4.90 Å². The molecule has 0 saturated carbocycles. The highest BCUT2D eigenvalue weighted by molar-refractivity contribution is 5.83. The van der Waals surface area contributed by atoms with Gasteiger partial charge in [0.15, 0.2) is 0 Å². The quantitative estimate of drug-likeness (QED) is 0.608. The molecule has 0 fully saturated rings. The molecule has 1 aliphatic heterocycles. The predicted molar refractivity (Wildman–Crippen MR) is 53.2 cm³/mol. The van der Waals surface area contributed by atoms with Gasteiger partial charge in [-0.1, -0.05) is 32.9 Å². The number of carbonyl (C=O) groups is 1. The lowest BCUT2D eigenvalue weighted by molar-refractivity contribution is -0.133. The maximum atomic E-state index is 11.8. The minimum absolute atomic E-state index is 0.0532. The Labute approximate surface area is 79.6 Å². The van der Waals surface area contributed by atoms with E-state index in [1.165, 1.54) is 0 Å². The molecule has 0 radical (unpaired) electrons. The van der Waals surface area contributed by atoms with Crippen molar-refractivity contribution in [2.45, 2.75) is 26.8 Å². The topological polar surface area (TPSA) is 46.3 Å². The number of rotatable bonds is 1. The van der Waals surface area contributed by atoms with Crippen LogP contribution in [0.1, 0.15) is 20.8 Å². The predicted octanol–water partition coefficient (Wildman–Crippen LogP) is 0.758. The average Bonchev–Trinajstić information content (AvgIpc) is 2.51. The zero-order chi connectivity index (χ0) is 10.1. The van der Waals surface area contributed by atoms with Gasteiger partial charge < -0.3 is 10.6 Å². The normalized spacial score (nSPS) is 19.2. The molecular weight excluding hydrogens is 164 g/mol. The van der Waals surface area contributed by atoms with Crippen LogP contribution in [-0.2, 0) is 4.79 Å². The second-order valence-corrected chi connectivity index (χ2v) is 4.56. The molecule has 13 heavy (non-hydrogen) atoms. The first-order chi connectivity index (χ1) is 5.93. The van der Waals surface area contributed by atoms with Crippen LogP contribution in [0.4, 0.5) is 0 Å². The van der Waals surface area contributed by atoms with Crippen LogP contribution in [0.3, 0.4) is 0 Å². The minimum Gasteiger partial charge on any atom is -0.334 e. The monoisotopic (exact) mass is 182 g/mol. The van der Waals surface area contributed by atoms with Gasteiger partial charge in [-0.05, 0) is 5.41 Å². The molecule has 0 spiro atoms. The van der Waals surface area contributed by atoms with E-state index >= 15 is 0 Å². The Morgan fingerprint density at radius 3 is 2.23 bits per heavy atom. The van der Waals surface area contributed by atoms with Crippen molar-refractivity contribution >= 4 is 5.91 Å². The molecule has 0 aromatic heterocycles. The molecule has 3 nitrogen and oxygen atoms in total. The second-order valence-electron chi connectivity index (χ2n) is 4.56. The van der Waals surface area contributed by atoms with Crippen molar-refractivity contribution in [2.75, 3.05) is 13.1 Å². The van der Waals surface area contributed by atoms with Crippen molar-refractivity contribution in [1.82, 2.24) is 4.90 Å². The highest BCUT2D eigenvalue weighted by Crippen LogP contribution is 2.19. The Kier molecular flexibility index (Phi) is 2.76. The molecule has 3 heteroatoms. The van der Waals surface area contributed by atoms with Crippen LogP contribution in [0, 0.1) is 5.41 Å². The van der Waals surface area contributed by atoms with E-state index in [9.17, 15) is 4.79 Å². The highest BCUT2D eigenvalue weighted by Gasteiger charge is 2.30. The Hall–Kier alpha value is -0.830. The summed E-state index contributed by atoms with van der Waals surface area (Å²) in [5.74, 6) is 0.0532. The van der Waals surface area contributed by atoms with Crippen molar-refractivity contribution in [1.29, 1.82) is 0 Å². The van der Waals surface area contributed by atoms with E-state index in [0.29, 0.717) is 13.1 Å². The molecule has 0 saturated heterocycles. The van der Waals surface area contributed by atoms with E-state index in [0.717, 1.165) is 0 Å². The summed E-state index contributed by atoms with van der Waals surface area (Å²) in [6.07, 6.45) is 3.99. The van der Waals surface area contributed by atoms with Gasteiger partial charge >= 0.3 is 0 Å². The molecule has 1 amide bonds. The summed E-state index contributed by atoms with van der Waals surface area (Å²) in [5, 5.41) is 0. The minimum atomic E-state index is -0.396. The lowest BCUT2D eigenvalue weighted by Crippen LogP contribution is -2.49. The summed E-state index contributed by atoms with van der Waals surface area (Å²) in [6.45, 7) is 7.38. The summed E-state index contributed by atoms with van der Waals surface area (Å²) in [6, 6.07) is -0.396. The van der Waals surface area contributed by atoms with Gasteiger partial charge in [0.1, 0.15) is 0 Å². The van der Waals surface area contributed by atoms with E-state index < -0.39 is 6.04 Å². The first kappa shape index (κ1) is 10.3. The number of carbonyl (C=O) groups excluding carboxylic acids is 1. The molecule has 0 aromatic rings. The van der Waals surface area contributed by atoms with Crippen LogP contribution in [0.2, 0.25) is 0 Å². The van der Waals surface area contributed by atoms with E-state index in [4.69, 9.17) is 5.73 Å². The van der Waals surface area contributed by atoms with Crippen LogP contribution in [0.5, 0.6) is 0 Å². The lowest BCUT2D eigenvalue weighted by atomic mass is 9.86. The first-order valence-corrected chi connectivity index (χ1v) is 4.62. The molecule has 1 atom stereocenters. The maximum absolute atomic E-state index is 11.8. The van der Waals surface area contributed by atoms with Crippen molar-refractivity contribution < 1.29 is 4.79 Å². The van der Waals surface area contributed by atoms with Gasteiger partial charge in [0, 0.05) is 13.1 Å². The molecule has 0 bridgehead atoms. The fourth-order valence-electron chi connectivity index (χ4n) is 1.23. The molecule has 0 aromatic carbocycles. The summed E-state index contributed by atoms with van der Waals surface area (Å²) in [5.41, 5.74) is 5.70. The van der Waals surface area contributed by atoms with Crippen LogP contribution in [0.15, 0.2) is 12.2 Å². The Bertz CT molecular complexity index is 220. The number of nitrogens with zero attached hydrogens (tertiary/aromatic N) is 1. The van der Waals surface area contributed by atoms with Gasteiger partial charge in [0.25, 0.3) is 0 Å². The number of hydrogen-bond acceptors (Lipinski definition) is 2. The summed E-state index contributed by atoms with van der Waals surface area (Å²) in [7, 11) is 0. The van der Waals surface area contributed by atoms with Crippen molar-refractivity contribution in [3.63, 3.8) is 0 Å². The zero-order valence-electron chi connectivity index (χ0n) is 8.58. The summed E-state index contributed by atoms with van der Waals surface area (Å²) >= 11 is 0. The average molecular weight is 182 g/mol. The van der Waals surface area contributed by atoms with Gasteiger partial charge in [0.2, 0.25) is 5.91 Å². The molecule has 0 aliphatic carbocycles. The highest BCUT2D eigenvalue weighted by atomic mass is 16.2. The van der Waals surface area contributed by atoms with Gasteiger partial charge in [0.05, 0.1) is 6.04 Å². The summed E-state index contributed by atoms with van der Waals surface area (Å²) < 4.78 is 0. The second kappa shape index (κ2) is 3.50. The Morgan fingerprint density at radius 1 is 1.38 bits per heavy atom. The molecule has 1 aliphatic rings. The fourth-order valence-corrected chi connectivity index (χ4v) is 1.23. The Morgan fingerprint density at radius 2 is 1.85 bits per heavy atom. The van der Waals surface area contributed by atoms with Crippen LogP contribution >= 0.6 is 0 Å². The fraction of sp³-hybridized carbons (Fsp3) is 0.700. The van der Waals surface area contributed by atoms with Crippen LogP contribution < -0.4 is 5.73 Å². The third-order valence-electron chi connectivity index (χ3n) is 2.33. The van der Waals surface area contributed by atoms with Crippen LogP contribution in [0.25, 0.3) is 0 Å². The number of hydrogen-bond donors (Lipinski definition) is 1. The number of amides is 1. The van der Waals surface area contributed by atoms with E-state index in [1.807, 2.05) is 32.9 Å². The smallest absolute Gasteiger partial charge is 0.240 e. The SMILES string of the molecule is CC(C)(C)[C@H](N)C(=O)N1CC=CC1. The molecular formula is C10H18N2O. The molecule has 1 rings (SSSR count). The molecule has 74 valence electrons. The van der Waals surface area contributed by atoms with Gasteiger partial charge in [-0.2, -0.15) is 0 Å². The molecule has 0 unspecified atom stereocenters. The third-order valence-corrected chi connectivity index (χ3v) is 2.33. The van der Waals surface area contributed by atoms with Crippen LogP contribution in [-0.4, -0.2) is 29.9 Å². The van der Waals surface area contributed by atoms with E-state index in [2.05, 4.69) is 0 Å². The van der Waals surface area contributed by atoms with Crippen molar-refractivity contribution in [2.24, 2.45) is 11.1 Å². The first-order valence-electron chi connectivity index (χ1n) is 4.62. The standard InChI is InChI=1S/C10H18N2O/c1-10(2,3)8(11)9(13)12-6-4-5-7-12/h4-5,8H,6-7,11H2,1-3H3/t8-/m1/s1. The third kappa shape index (κ3) is 2.31. The van der Waals surface area contributed by atoms with Gasteiger partial charge in [-0.25, -0.2) is 0 Å². The number of nitrogens with two attached hydrogens (primary N) is 1. The van der Waals surface area contributed by atoms with Crippen molar-refractivity contribution in [3.8, 4) is 0 Å². The van der Waals surface area contributed by atoms with Gasteiger partial charge in [-0.3, -0.25) is 4.79 Å². The largest absolute Gasteiger partial charge is 0.334 e. The zero-order valence-corrected chi connectivity index (χ0v) is 8.58. The molecule has 2 N–H and O–H groups in total.